The third-order valence-electron chi connectivity index (χ3n) is 2.95. The van der Waals surface area contributed by atoms with Crippen LogP contribution < -0.4 is 15.8 Å². The van der Waals surface area contributed by atoms with E-state index in [2.05, 4.69) is 15.2 Å². The Hall–Kier alpha value is -1.06. The maximum absolute atomic E-state index is 5.85. The summed E-state index contributed by atoms with van der Waals surface area (Å²) >= 11 is 0. The van der Waals surface area contributed by atoms with Gasteiger partial charge in [-0.25, -0.2) is 4.99 Å². The zero-order chi connectivity index (χ0) is 16.4. The summed E-state index contributed by atoms with van der Waals surface area (Å²) in [6.07, 6.45) is 0. The summed E-state index contributed by atoms with van der Waals surface area (Å²) in [7, 11) is 5.71. The molecule has 0 aliphatic carbocycles. The molecule has 0 aliphatic rings. The maximum Gasteiger partial charge on any atom is 0.189 e. The van der Waals surface area contributed by atoms with Crippen LogP contribution in [-0.4, -0.2) is 57.9 Å². The number of guanidine groups is 1. The molecule has 0 bridgehead atoms. The summed E-state index contributed by atoms with van der Waals surface area (Å²) in [5, 5.41) is 3.08. The number of rotatable bonds is 9. The fourth-order valence-electron chi connectivity index (χ4n) is 1.85. The minimum absolute atomic E-state index is 0. The number of nitrogens with one attached hydrogen (secondary N) is 1. The van der Waals surface area contributed by atoms with Crippen LogP contribution in [0, 0.1) is 0 Å². The molecule has 1 unspecified atom stereocenters. The highest BCUT2D eigenvalue weighted by Crippen LogP contribution is 2.14. The minimum Gasteiger partial charge on any atom is -0.492 e. The molecule has 1 aromatic carbocycles. The van der Waals surface area contributed by atoms with Crippen LogP contribution in [0.2, 0.25) is 0 Å². The van der Waals surface area contributed by atoms with Gasteiger partial charge < -0.3 is 25.4 Å². The first kappa shape index (κ1) is 21.9. The second-order valence-corrected chi connectivity index (χ2v) is 5.50. The van der Waals surface area contributed by atoms with E-state index in [1.165, 1.54) is 0 Å². The van der Waals surface area contributed by atoms with Gasteiger partial charge in [0.15, 0.2) is 5.96 Å². The molecule has 0 aromatic heterocycles. The van der Waals surface area contributed by atoms with Crippen LogP contribution in [0.5, 0.6) is 5.75 Å². The molecule has 0 saturated carbocycles. The van der Waals surface area contributed by atoms with E-state index >= 15 is 0 Å². The van der Waals surface area contributed by atoms with Crippen molar-refractivity contribution in [2.75, 3.05) is 41.0 Å². The number of benzene rings is 1. The molecular weight excluding hydrogens is 407 g/mol. The molecule has 1 rings (SSSR count). The van der Waals surface area contributed by atoms with Crippen molar-refractivity contribution in [3.8, 4) is 5.75 Å². The number of aliphatic imine (C=N–C) groups is 1. The Morgan fingerprint density at radius 2 is 2.13 bits per heavy atom. The molecule has 0 spiro atoms. The number of halogens is 1. The third-order valence-corrected chi connectivity index (χ3v) is 2.95. The average molecular weight is 436 g/mol. The molecule has 0 heterocycles. The Labute approximate surface area is 156 Å². The lowest BCUT2D eigenvalue weighted by molar-refractivity contribution is 0.179. The highest BCUT2D eigenvalue weighted by atomic mass is 127. The van der Waals surface area contributed by atoms with Gasteiger partial charge in [0, 0.05) is 19.7 Å². The van der Waals surface area contributed by atoms with Gasteiger partial charge in [0.2, 0.25) is 0 Å². The Morgan fingerprint density at radius 1 is 1.39 bits per heavy atom. The molecule has 0 saturated heterocycles. The van der Waals surface area contributed by atoms with E-state index < -0.39 is 0 Å². The summed E-state index contributed by atoms with van der Waals surface area (Å²) < 4.78 is 10.8. The highest BCUT2D eigenvalue weighted by Gasteiger charge is 2.02. The van der Waals surface area contributed by atoms with Crippen molar-refractivity contribution < 1.29 is 9.47 Å². The van der Waals surface area contributed by atoms with Crippen molar-refractivity contribution in [2.24, 2.45) is 10.7 Å². The highest BCUT2D eigenvalue weighted by molar-refractivity contribution is 14.0. The Kier molecular flexibility index (Phi) is 11.8. The van der Waals surface area contributed by atoms with Crippen LogP contribution in [0.3, 0.4) is 0 Å². The summed E-state index contributed by atoms with van der Waals surface area (Å²) in [5.74, 6) is 1.28. The second kappa shape index (κ2) is 12.4. The van der Waals surface area contributed by atoms with Crippen molar-refractivity contribution in [3.63, 3.8) is 0 Å². The molecule has 0 aliphatic heterocycles. The van der Waals surface area contributed by atoms with E-state index in [0.29, 0.717) is 25.7 Å². The van der Waals surface area contributed by atoms with Crippen molar-refractivity contribution in [2.45, 2.75) is 19.5 Å². The second-order valence-electron chi connectivity index (χ2n) is 5.50. The Balaban J connectivity index is 0.00000484. The zero-order valence-corrected chi connectivity index (χ0v) is 16.7. The molecule has 1 atom stereocenters. The van der Waals surface area contributed by atoms with Crippen molar-refractivity contribution in [1.82, 2.24) is 10.2 Å². The predicted molar refractivity (Wildman–Crippen MR) is 106 cm³/mol. The first-order valence-corrected chi connectivity index (χ1v) is 7.43. The van der Waals surface area contributed by atoms with E-state index in [-0.39, 0.29) is 30.0 Å². The van der Waals surface area contributed by atoms with Crippen LogP contribution in [0.1, 0.15) is 12.5 Å². The number of methoxy groups -OCH3 is 1. The lowest BCUT2D eigenvalue weighted by atomic mass is 10.2. The molecule has 0 radical (unpaired) electrons. The Bertz CT molecular complexity index is 469. The van der Waals surface area contributed by atoms with Crippen LogP contribution >= 0.6 is 24.0 Å². The van der Waals surface area contributed by atoms with Gasteiger partial charge in [-0.1, -0.05) is 12.1 Å². The number of nitrogens with two attached hydrogens (primary N) is 1. The molecule has 23 heavy (non-hydrogen) atoms. The van der Waals surface area contributed by atoms with E-state index in [1.807, 2.05) is 45.3 Å². The fraction of sp³-hybridized carbons (Fsp3) is 0.562. The van der Waals surface area contributed by atoms with Gasteiger partial charge in [0.05, 0.1) is 13.2 Å². The van der Waals surface area contributed by atoms with Gasteiger partial charge in [-0.3, -0.25) is 0 Å². The van der Waals surface area contributed by atoms with E-state index in [0.717, 1.165) is 17.9 Å². The van der Waals surface area contributed by atoms with E-state index in [1.54, 1.807) is 7.11 Å². The first-order chi connectivity index (χ1) is 10.5. The monoisotopic (exact) mass is 436 g/mol. The molecule has 6 nitrogen and oxygen atoms in total. The zero-order valence-electron chi connectivity index (χ0n) is 14.4. The van der Waals surface area contributed by atoms with Gasteiger partial charge in [0.25, 0.3) is 0 Å². The number of nitrogens with zero attached hydrogens (tertiary/aromatic N) is 2. The van der Waals surface area contributed by atoms with Crippen LogP contribution in [0.25, 0.3) is 0 Å². The first-order valence-electron chi connectivity index (χ1n) is 7.43. The summed E-state index contributed by atoms with van der Waals surface area (Å²) in [6, 6.07) is 8.05. The van der Waals surface area contributed by atoms with Crippen LogP contribution in [-0.2, 0) is 11.3 Å². The fourth-order valence-corrected chi connectivity index (χ4v) is 1.85. The molecular formula is C16H29IN4O2. The van der Waals surface area contributed by atoms with Crippen LogP contribution in [0.15, 0.2) is 29.3 Å². The topological polar surface area (TPSA) is 72.1 Å². The molecule has 3 N–H and O–H groups in total. The van der Waals surface area contributed by atoms with Crippen molar-refractivity contribution in [3.05, 3.63) is 29.8 Å². The smallest absolute Gasteiger partial charge is 0.189 e. The average Bonchev–Trinajstić information content (AvgIpc) is 2.45. The normalized spacial score (nSPS) is 12.7. The lowest BCUT2D eigenvalue weighted by Gasteiger charge is -2.13. The number of ether oxygens (including phenoxy) is 2. The number of likely N-dealkylation sites (N-methyl/N-ethyl adjacent to an activating group) is 1. The van der Waals surface area contributed by atoms with Crippen molar-refractivity contribution >= 4 is 29.9 Å². The van der Waals surface area contributed by atoms with Gasteiger partial charge in [0.1, 0.15) is 12.4 Å². The number of hydrogen-bond acceptors (Lipinski definition) is 4. The molecule has 1 aromatic rings. The third kappa shape index (κ3) is 10.4. The lowest BCUT2D eigenvalue weighted by Crippen LogP contribution is -2.40. The molecule has 7 heteroatoms. The Morgan fingerprint density at radius 3 is 2.78 bits per heavy atom. The SMILES string of the molecule is COCC(C)NC(N)=NCc1cccc(OCCN(C)C)c1.I. The van der Waals surface area contributed by atoms with E-state index in [9.17, 15) is 0 Å². The predicted octanol–water partition coefficient (Wildman–Crippen LogP) is 1.68. The quantitative estimate of drug-likeness (QED) is 0.350. The van der Waals surface area contributed by atoms with Gasteiger partial charge in [-0.2, -0.15) is 0 Å². The molecule has 0 amide bonds. The van der Waals surface area contributed by atoms with Gasteiger partial charge in [-0.15, -0.1) is 24.0 Å². The summed E-state index contributed by atoms with van der Waals surface area (Å²) in [5.41, 5.74) is 6.91. The molecule has 132 valence electrons. The van der Waals surface area contributed by atoms with Gasteiger partial charge >= 0.3 is 0 Å². The van der Waals surface area contributed by atoms with Gasteiger partial charge in [-0.05, 0) is 38.7 Å². The maximum atomic E-state index is 5.85. The summed E-state index contributed by atoms with van der Waals surface area (Å²) in [6.45, 7) is 4.65. The standard InChI is InChI=1S/C16H28N4O2.HI/c1-13(12-21-4)19-16(17)18-11-14-6-5-7-15(10-14)22-9-8-20(2)3;/h5-7,10,13H,8-9,11-12H2,1-4H3,(H3,17,18,19);1H. The molecule has 0 fully saturated rings. The largest absolute Gasteiger partial charge is 0.492 e. The van der Waals surface area contributed by atoms with Crippen LogP contribution in [0.4, 0.5) is 0 Å². The van der Waals surface area contributed by atoms with Crippen molar-refractivity contribution in [1.29, 1.82) is 0 Å². The van der Waals surface area contributed by atoms with E-state index in [4.69, 9.17) is 15.2 Å². The number of hydrogen-bond donors (Lipinski definition) is 2. The summed E-state index contributed by atoms with van der Waals surface area (Å²) in [4.78, 5) is 6.42. The minimum atomic E-state index is 0.